The van der Waals surface area contributed by atoms with Gasteiger partial charge in [0.15, 0.2) is 0 Å². The van der Waals surface area contributed by atoms with Gasteiger partial charge in [-0.05, 0) is 31.0 Å². The van der Waals surface area contributed by atoms with Gasteiger partial charge in [-0.25, -0.2) is 0 Å². The van der Waals surface area contributed by atoms with Gasteiger partial charge >= 0.3 is 5.97 Å². The normalized spacial score (nSPS) is 14.9. The first-order valence-corrected chi connectivity index (χ1v) is 7.66. The number of benzene rings is 1. The van der Waals surface area contributed by atoms with E-state index in [4.69, 9.17) is 5.11 Å². The quantitative estimate of drug-likeness (QED) is 0.866. The van der Waals surface area contributed by atoms with Crippen LogP contribution in [-0.4, -0.2) is 59.4 Å². The van der Waals surface area contributed by atoms with Crippen molar-refractivity contribution in [2.45, 2.75) is 25.8 Å². The summed E-state index contributed by atoms with van der Waals surface area (Å²) in [5, 5.41) is 9.08. The molecule has 1 unspecified atom stereocenters. The van der Waals surface area contributed by atoms with Crippen LogP contribution in [0.1, 0.15) is 40.5 Å². The molecule has 0 saturated heterocycles. The molecule has 1 aromatic carbocycles. The standard InChI is InChI=1S/C17H22N2O4/c1-11(17(22)23)10-19(14-7-8-14)16(21)13-6-4-5-12(9-13)15(20)18(2)3/h4-6,9,11,14H,7-8,10H2,1-3H3,(H,22,23). The highest BCUT2D eigenvalue weighted by molar-refractivity contribution is 5.99. The van der Waals surface area contributed by atoms with E-state index in [0.29, 0.717) is 11.1 Å². The van der Waals surface area contributed by atoms with Gasteiger partial charge in [0.2, 0.25) is 0 Å². The summed E-state index contributed by atoms with van der Waals surface area (Å²) >= 11 is 0. The molecule has 0 spiro atoms. The predicted octanol–water partition coefficient (Wildman–Crippen LogP) is 1.71. The lowest BCUT2D eigenvalue weighted by Crippen LogP contribution is -2.38. The first-order chi connectivity index (χ1) is 10.8. The molecule has 1 atom stereocenters. The maximum absolute atomic E-state index is 12.7. The van der Waals surface area contributed by atoms with E-state index in [9.17, 15) is 14.4 Å². The number of carboxylic acids is 1. The van der Waals surface area contributed by atoms with Crippen molar-refractivity contribution in [3.8, 4) is 0 Å². The van der Waals surface area contributed by atoms with Crippen LogP contribution in [0.3, 0.4) is 0 Å². The van der Waals surface area contributed by atoms with Crippen molar-refractivity contribution in [2.24, 2.45) is 5.92 Å². The fourth-order valence-corrected chi connectivity index (χ4v) is 2.37. The molecule has 0 bridgehead atoms. The van der Waals surface area contributed by atoms with E-state index in [1.807, 2.05) is 0 Å². The molecule has 0 aliphatic heterocycles. The van der Waals surface area contributed by atoms with Gasteiger partial charge in [0.05, 0.1) is 5.92 Å². The molecule has 23 heavy (non-hydrogen) atoms. The number of carbonyl (C=O) groups excluding carboxylic acids is 2. The molecular formula is C17H22N2O4. The lowest BCUT2D eigenvalue weighted by atomic mass is 10.1. The third kappa shape index (κ3) is 4.09. The molecule has 2 rings (SSSR count). The minimum Gasteiger partial charge on any atom is -0.481 e. The van der Waals surface area contributed by atoms with Crippen LogP contribution in [0.5, 0.6) is 0 Å². The third-order valence-electron chi connectivity index (χ3n) is 3.90. The van der Waals surface area contributed by atoms with Crippen molar-refractivity contribution >= 4 is 17.8 Å². The van der Waals surface area contributed by atoms with Gasteiger partial charge in [-0.3, -0.25) is 14.4 Å². The number of aliphatic carboxylic acids is 1. The van der Waals surface area contributed by atoms with Crippen LogP contribution in [0.2, 0.25) is 0 Å². The van der Waals surface area contributed by atoms with E-state index < -0.39 is 11.9 Å². The van der Waals surface area contributed by atoms with Crippen molar-refractivity contribution < 1.29 is 19.5 Å². The second-order valence-corrected chi connectivity index (χ2v) is 6.21. The monoisotopic (exact) mass is 318 g/mol. The van der Waals surface area contributed by atoms with E-state index in [1.54, 1.807) is 50.2 Å². The molecule has 124 valence electrons. The number of amides is 2. The third-order valence-corrected chi connectivity index (χ3v) is 3.90. The summed E-state index contributed by atoms with van der Waals surface area (Å²) in [7, 11) is 3.31. The van der Waals surface area contributed by atoms with Crippen LogP contribution in [0.25, 0.3) is 0 Å². The summed E-state index contributed by atoms with van der Waals surface area (Å²) in [5.41, 5.74) is 0.866. The maximum atomic E-state index is 12.7. The van der Waals surface area contributed by atoms with E-state index in [-0.39, 0.29) is 24.4 Å². The Morgan fingerprint density at radius 1 is 1.17 bits per heavy atom. The van der Waals surface area contributed by atoms with Gasteiger partial charge in [0, 0.05) is 37.8 Å². The first-order valence-electron chi connectivity index (χ1n) is 7.66. The number of rotatable bonds is 6. The smallest absolute Gasteiger partial charge is 0.308 e. The van der Waals surface area contributed by atoms with Crippen LogP contribution in [-0.2, 0) is 4.79 Å². The van der Waals surface area contributed by atoms with Gasteiger partial charge in [-0.15, -0.1) is 0 Å². The summed E-state index contributed by atoms with van der Waals surface area (Å²) in [6.07, 6.45) is 1.79. The molecule has 1 N–H and O–H groups in total. The SMILES string of the molecule is CC(CN(C(=O)c1cccc(C(=O)N(C)C)c1)C1CC1)C(=O)O. The molecular weight excluding hydrogens is 296 g/mol. The van der Waals surface area contributed by atoms with Gasteiger partial charge in [-0.1, -0.05) is 13.0 Å². The lowest BCUT2D eigenvalue weighted by Gasteiger charge is -2.24. The van der Waals surface area contributed by atoms with E-state index in [2.05, 4.69) is 0 Å². The van der Waals surface area contributed by atoms with Crippen molar-refractivity contribution in [3.63, 3.8) is 0 Å². The zero-order valence-electron chi connectivity index (χ0n) is 13.7. The van der Waals surface area contributed by atoms with Crippen molar-refractivity contribution in [1.82, 2.24) is 9.80 Å². The maximum Gasteiger partial charge on any atom is 0.308 e. The molecule has 6 heteroatoms. The highest BCUT2D eigenvalue weighted by Gasteiger charge is 2.35. The number of carbonyl (C=O) groups is 3. The molecule has 1 fully saturated rings. The summed E-state index contributed by atoms with van der Waals surface area (Å²) in [4.78, 5) is 38.9. The Bertz CT molecular complexity index is 623. The fraction of sp³-hybridized carbons (Fsp3) is 0.471. The Morgan fingerprint density at radius 3 is 2.22 bits per heavy atom. The van der Waals surface area contributed by atoms with Gasteiger partial charge < -0.3 is 14.9 Å². The lowest BCUT2D eigenvalue weighted by molar-refractivity contribution is -0.141. The van der Waals surface area contributed by atoms with Crippen molar-refractivity contribution in [2.75, 3.05) is 20.6 Å². The number of hydrogen-bond donors (Lipinski definition) is 1. The number of hydrogen-bond acceptors (Lipinski definition) is 3. The molecule has 0 radical (unpaired) electrons. The minimum atomic E-state index is -0.917. The second-order valence-electron chi connectivity index (χ2n) is 6.21. The molecule has 1 saturated carbocycles. The van der Waals surface area contributed by atoms with Gasteiger partial charge in [0.25, 0.3) is 11.8 Å². The second kappa shape index (κ2) is 6.81. The van der Waals surface area contributed by atoms with Crippen LogP contribution in [0.15, 0.2) is 24.3 Å². The summed E-state index contributed by atoms with van der Waals surface area (Å²) in [5.74, 6) is -1.92. The molecule has 1 aliphatic rings. The summed E-state index contributed by atoms with van der Waals surface area (Å²) < 4.78 is 0. The Labute approximate surface area is 135 Å². The zero-order chi connectivity index (χ0) is 17.1. The molecule has 1 aliphatic carbocycles. The van der Waals surface area contributed by atoms with Crippen molar-refractivity contribution in [1.29, 1.82) is 0 Å². The van der Waals surface area contributed by atoms with Crippen LogP contribution >= 0.6 is 0 Å². The largest absolute Gasteiger partial charge is 0.481 e. The minimum absolute atomic E-state index is 0.109. The van der Waals surface area contributed by atoms with E-state index >= 15 is 0 Å². The average molecular weight is 318 g/mol. The Balaban J connectivity index is 2.21. The zero-order valence-corrected chi connectivity index (χ0v) is 13.7. The van der Waals surface area contributed by atoms with Crippen LogP contribution in [0.4, 0.5) is 0 Å². The fourth-order valence-electron chi connectivity index (χ4n) is 2.37. The topological polar surface area (TPSA) is 77.9 Å². The van der Waals surface area contributed by atoms with Gasteiger partial charge in [0.1, 0.15) is 0 Å². The van der Waals surface area contributed by atoms with Gasteiger partial charge in [-0.2, -0.15) is 0 Å². The predicted molar refractivity (Wildman–Crippen MR) is 85.3 cm³/mol. The molecule has 0 heterocycles. The summed E-state index contributed by atoms with van der Waals surface area (Å²) in [6, 6.07) is 6.69. The Morgan fingerprint density at radius 2 is 1.74 bits per heavy atom. The molecule has 1 aromatic rings. The average Bonchev–Trinajstić information content (AvgIpc) is 3.35. The van der Waals surface area contributed by atoms with E-state index in [0.717, 1.165) is 12.8 Å². The number of nitrogens with zero attached hydrogens (tertiary/aromatic N) is 2. The van der Waals surface area contributed by atoms with E-state index in [1.165, 1.54) is 4.90 Å². The Hall–Kier alpha value is -2.37. The first kappa shape index (κ1) is 17.0. The number of carboxylic acid groups (broad SMARTS) is 1. The van der Waals surface area contributed by atoms with Crippen LogP contribution in [0, 0.1) is 5.92 Å². The molecule has 6 nitrogen and oxygen atoms in total. The molecule has 0 aromatic heterocycles. The Kier molecular flexibility index (Phi) is 5.03. The van der Waals surface area contributed by atoms with Crippen LogP contribution < -0.4 is 0 Å². The highest BCUT2D eigenvalue weighted by atomic mass is 16.4. The highest BCUT2D eigenvalue weighted by Crippen LogP contribution is 2.29. The summed E-state index contributed by atoms with van der Waals surface area (Å²) in [6.45, 7) is 1.78. The molecule has 2 amide bonds. The van der Waals surface area contributed by atoms with Crippen molar-refractivity contribution in [3.05, 3.63) is 35.4 Å².